The molecular formula is C15H14F2N4O4S. The topological polar surface area (TPSA) is 95.3 Å². The van der Waals surface area contributed by atoms with Crippen LogP contribution in [-0.4, -0.2) is 37.6 Å². The van der Waals surface area contributed by atoms with Crippen LogP contribution in [0.1, 0.15) is 5.56 Å². The number of hydrogen-bond acceptors (Lipinski definition) is 6. The van der Waals surface area contributed by atoms with Crippen molar-refractivity contribution in [2.24, 2.45) is 0 Å². The van der Waals surface area contributed by atoms with Crippen molar-refractivity contribution < 1.29 is 26.7 Å². The Morgan fingerprint density at radius 1 is 1.08 bits per heavy atom. The van der Waals surface area contributed by atoms with Crippen molar-refractivity contribution in [3.63, 3.8) is 0 Å². The zero-order chi connectivity index (χ0) is 18.8. The minimum absolute atomic E-state index is 0.130. The van der Waals surface area contributed by atoms with E-state index in [0.717, 1.165) is 16.8 Å². The Kier molecular flexibility index (Phi) is 5.00. The maximum Gasteiger partial charge on any atom is 0.201 e. The van der Waals surface area contributed by atoms with Crippen LogP contribution in [0.25, 0.3) is 16.7 Å². The number of nitrogens with one attached hydrogen (secondary N) is 1. The second-order valence-electron chi connectivity index (χ2n) is 5.18. The largest absolute Gasteiger partial charge is 0.493 e. The van der Waals surface area contributed by atoms with E-state index >= 15 is 0 Å². The van der Waals surface area contributed by atoms with Crippen molar-refractivity contribution in [2.45, 2.75) is 6.54 Å². The molecule has 8 nitrogen and oxygen atoms in total. The summed E-state index contributed by atoms with van der Waals surface area (Å²) in [5, 5.41) is 7.79. The number of thiol groups is 1. The standard InChI is InChI=1S/C15H14F2N4O4S/c1-24-14-5-11-13(6-15(14)25-2)21(20-19-11)12-4-9(16)8(3-10(12)17)7-18-26(22)23/h3-6,26H,7H2,1-2H3,(H,18,22,23). The summed E-state index contributed by atoms with van der Waals surface area (Å²) in [6, 6.07) is 4.94. The van der Waals surface area contributed by atoms with E-state index in [0.29, 0.717) is 22.5 Å². The van der Waals surface area contributed by atoms with Crippen LogP contribution in [0.2, 0.25) is 0 Å². The van der Waals surface area contributed by atoms with Gasteiger partial charge in [0.15, 0.2) is 11.5 Å². The van der Waals surface area contributed by atoms with Crippen LogP contribution >= 0.6 is 0 Å². The van der Waals surface area contributed by atoms with Crippen molar-refractivity contribution in [1.29, 1.82) is 0 Å². The summed E-state index contributed by atoms with van der Waals surface area (Å²) in [6.45, 7) is -0.356. The lowest BCUT2D eigenvalue weighted by atomic mass is 10.1. The molecule has 0 atom stereocenters. The van der Waals surface area contributed by atoms with Crippen molar-refractivity contribution in [1.82, 2.24) is 19.7 Å². The first-order valence-corrected chi connectivity index (χ1v) is 8.46. The van der Waals surface area contributed by atoms with Crippen molar-refractivity contribution in [3.05, 3.63) is 41.5 Å². The molecule has 0 aliphatic heterocycles. The minimum atomic E-state index is -2.92. The summed E-state index contributed by atoms with van der Waals surface area (Å²) < 4.78 is 63.3. The number of hydrogen-bond donors (Lipinski definition) is 2. The highest BCUT2D eigenvalue weighted by molar-refractivity contribution is 7.70. The Balaban J connectivity index is 2.10. The molecule has 0 amide bonds. The predicted octanol–water partition coefficient (Wildman–Crippen LogP) is 1.33. The van der Waals surface area contributed by atoms with Gasteiger partial charge in [-0.05, 0) is 6.07 Å². The molecule has 0 fully saturated rings. The van der Waals surface area contributed by atoms with Gasteiger partial charge in [0.25, 0.3) is 0 Å². The van der Waals surface area contributed by atoms with Gasteiger partial charge in [0.2, 0.25) is 10.9 Å². The Morgan fingerprint density at radius 3 is 2.42 bits per heavy atom. The molecule has 0 saturated carbocycles. The monoisotopic (exact) mass is 384 g/mol. The molecule has 138 valence electrons. The summed E-state index contributed by atoms with van der Waals surface area (Å²) in [5.41, 5.74) is 0.479. The van der Waals surface area contributed by atoms with E-state index in [2.05, 4.69) is 10.3 Å². The first kappa shape index (κ1) is 18.0. The van der Waals surface area contributed by atoms with Crippen LogP contribution < -0.4 is 14.2 Å². The van der Waals surface area contributed by atoms with Gasteiger partial charge < -0.3 is 9.47 Å². The van der Waals surface area contributed by atoms with Crippen molar-refractivity contribution >= 4 is 21.9 Å². The lowest BCUT2D eigenvalue weighted by Gasteiger charge is -2.10. The summed E-state index contributed by atoms with van der Waals surface area (Å²) in [7, 11) is -0.00751. The number of methoxy groups -OCH3 is 2. The first-order valence-electron chi connectivity index (χ1n) is 7.28. The fraction of sp³-hybridized carbons (Fsp3) is 0.200. The molecule has 26 heavy (non-hydrogen) atoms. The summed E-state index contributed by atoms with van der Waals surface area (Å²) in [5.74, 6) is -0.767. The SMILES string of the molecule is COc1cc2nnn(-c3cc(F)c(CN[SH](=O)=O)cc3F)c2cc1OC. The minimum Gasteiger partial charge on any atom is -0.493 e. The van der Waals surface area contributed by atoms with Gasteiger partial charge in [0.05, 0.1) is 19.7 Å². The molecule has 0 spiro atoms. The predicted molar refractivity (Wildman–Crippen MR) is 89.0 cm³/mol. The van der Waals surface area contributed by atoms with E-state index < -0.39 is 22.5 Å². The zero-order valence-corrected chi connectivity index (χ0v) is 14.6. The molecule has 3 aromatic rings. The number of rotatable bonds is 6. The Hall–Kier alpha value is -2.79. The number of aromatic nitrogens is 3. The second-order valence-corrected chi connectivity index (χ2v) is 6.01. The number of nitrogens with zero attached hydrogens (tertiary/aromatic N) is 3. The average molecular weight is 384 g/mol. The maximum absolute atomic E-state index is 14.5. The number of ether oxygens (including phenoxy) is 2. The molecule has 1 N–H and O–H groups in total. The molecule has 0 saturated heterocycles. The lowest BCUT2D eigenvalue weighted by Crippen LogP contribution is -2.13. The number of fused-ring (bicyclic) bond motifs is 1. The van der Waals surface area contributed by atoms with Gasteiger partial charge in [-0.2, -0.15) is 0 Å². The van der Waals surface area contributed by atoms with E-state index in [1.54, 1.807) is 12.1 Å². The molecule has 0 aliphatic rings. The van der Waals surface area contributed by atoms with E-state index in [-0.39, 0.29) is 17.8 Å². The van der Waals surface area contributed by atoms with E-state index in [9.17, 15) is 17.2 Å². The van der Waals surface area contributed by atoms with Crippen LogP contribution in [0, 0.1) is 11.6 Å². The van der Waals surface area contributed by atoms with E-state index in [1.165, 1.54) is 14.2 Å². The third kappa shape index (κ3) is 3.30. The molecular weight excluding hydrogens is 370 g/mol. The molecule has 0 radical (unpaired) electrons. The van der Waals surface area contributed by atoms with Gasteiger partial charge in [-0.1, -0.05) is 5.21 Å². The molecule has 1 heterocycles. The van der Waals surface area contributed by atoms with Gasteiger partial charge in [-0.3, -0.25) is 0 Å². The molecule has 0 unspecified atom stereocenters. The second kappa shape index (κ2) is 7.22. The third-order valence-corrected chi connectivity index (χ3v) is 4.11. The Bertz CT molecular complexity index is 1040. The lowest BCUT2D eigenvalue weighted by molar-refractivity contribution is 0.355. The third-order valence-electron chi connectivity index (χ3n) is 3.69. The summed E-state index contributed by atoms with van der Waals surface area (Å²) in [4.78, 5) is 0. The Labute approximate surface area is 148 Å². The molecule has 2 aromatic carbocycles. The maximum atomic E-state index is 14.5. The molecule has 3 rings (SSSR count). The van der Waals surface area contributed by atoms with Gasteiger partial charge in [0, 0.05) is 30.3 Å². The average Bonchev–Trinajstić information content (AvgIpc) is 3.03. The first-order chi connectivity index (χ1) is 12.4. The van der Waals surface area contributed by atoms with Crippen LogP contribution in [-0.2, 0) is 17.4 Å². The number of benzene rings is 2. The summed E-state index contributed by atoms with van der Waals surface area (Å²) >= 11 is 0. The van der Waals surface area contributed by atoms with Crippen LogP contribution in [0.5, 0.6) is 11.5 Å². The van der Waals surface area contributed by atoms with Gasteiger partial charge in [-0.15, -0.1) is 5.10 Å². The highest BCUT2D eigenvalue weighted by atomic mass is 32.2. The molecule has 1 aromatic heterocycles. The summed E-state index contributed by atoms with van der Waals surface area (Å²) in [6.07, 6.45) is 0. The smallest absolute Gasteiger partial charge is 0.201 e. The van der Waals surface area contributed by atoms with E-state index in [4.69, 9.17) is 9.47 Å². The molecule has 11 heteroatoms. The zero-order valence-electron chi connectivity index (χ0n) is 13.7. The van der Waals surface area contributed by atoms with Crippen molar-refractivity contribution in [2.75, 3.05) is 14.2 Å². The molecule has 0 bridgehead atoms. The fourth-order valence-electron chi connectivity index (χ4n) is 2.45. The van der Waals surface area contributed by atoms with Crippen LogP contribution in [0.3, 0.4) is 0 Å². The van der Waals surface area contributed by atoms with Crippen molar-refractivity contribution in [3.8, 4) is 17.2 Å². The molecule has 0 aliphatic carbocycles. The Morgan fingerprint density at radius 2 is 1.77 bits per heavy atom. The highest BCUT2D eigenvalue weighted by Gasteiger charge is 2.17. The van der Waals surface area contributed by atoms with Gasteiger partial charge in [-0.25, -0.2) is 26.6 Å². The van der Waals surface area contributed by atoms with Crippen LogP contribution in [0.15, 0.2) is 24.3 Å². The van der Waals surface area contributed by atoms with Gasteiger partial charge >= 0.3 is 0 Å². The van der Waals surface area contributed by atoms with Gasteiger partial charge in [0.1, 0.15) is 22.8 Å². The fourth-order valence-corrected chi connectivity index (χ4v) is 2.75. The van der Waals surface area contributed by atoms with Crippen LogP contribution in [0.4, 0.5) is 8.78 Å². The van der Waals surface area contributed by atoms with E-state index in [1.807, 2.05) is 4.72 Å². The number of halogens is 2. The quantitative estimate of drug-likeness (QED) is 0.623. The highest BCUT2D eigenvalue weighted by Crippen LogP contribution is 2.32. The normalized spacial score (nSPS) is 11.3.